The van der Waals surface area contributed by atoms with Gasteiger partial charge in [-0.05, 0) is 20.3 Å². The van der Waals surface area contributed by atoms with Gasteiger partial charge in [0.05, 0.1) is 16.4 Å². The molecule has 0 spiro atoms. The Balaban J connectivity index is 2.87. The van der Waals surface area contributed by atoms with Gasteiger partial charge < -0.3 is 5.32 Å². The minimum atomic E-state index is -0.290. The van der Waals surface area contributed by atoms with Gasteiger partial charge in [-0.2, -0.15) is 5.10 Å². The summed E-state index contributed by atoms with van der Waals surface area (Å²) in [7, 11) is 0. The van der Waals surface area contributed by atoms with E-state index in [0.717, 1.165) is 29.4 Å². The predicted octanol–water partition coefficient (Wildman–Crippen LogP) is 3.44. The van der Waals surface area contributed by atoms with Crippen LogP contribution in [-0.2, 0) is 19.5 Å². The molecule has 0 saturated heterocycles. The molecule has 104 valence electrons. The highest BCUT2D eigenvalue weighted by Gasteiger charge is 2.23. The third-order valence-electron chi connectivity index (χ3n) is 2.97. The fraction of sp³-hybridized carbons (Fsp3) is 0.750. The van der Waals surface area contributed by atoms with Gasteiger partial charge in [0.2, 0.25) is 0 Å². The van der Waals surface area contributed by atoms with E-state index < -0.39 is 0 Å². The van der Waals surface area contributed by atoms with Crippen LogP contribution in [-0.4, -0.2) is 27.1 Å². The van der Waals surface area contributed by atoms with Gasteiger partial charge in [0.1, 0.15) is 0 Å². The van der Waals surface area contributed by atoms with Gasteiger partial charge >= 0.3 is 0 Å². The van der Waals surface area contributed by atoms with Crippen molar-refractivity contribution in [3.05, 3.63) is 16.4 Å². The summed E-state index contributed by atoms with van der Waals surface area (Å²) >= 11 is 18.2. The molecule has 1 heterocycles. The molecule has 0 saturated carbocycles. The van der Waals surface area contributed by atoms with Crippen molar-refractivity contribution in [3.63, 3.8) is 0 Å². The summed E-state index contributed by atoms with van der Waals surface area (Å²) in [6.07, 6.45) is 0.834. The SMILES string of the molecule is CCc1nn(CC)c(CNC(C)(CCl)CCl)c1Cl. The fourth-order valence-electron chi connectivity index (χ4n) is 1.61. The molecule has 0 atom stereocenters. The summed E-state index contributed by atoms with van der Waals surface area (Å²) in [6.45, 7) is 7.51. The topological polar surface area (TPSA) is 29.9 Å². The van der Waals surface area contributed by atoms with Crippen LogP contribution < -0.4 is 5.32 Å². The first-order chi connectivity index (χ1) is 8.51. The van der Waals surface area contributed by atoms with Gasteiger partial charge in [-0.1, -0.05) is 18.5 Å². The van der Waals surface area contributed by atoms with Crippen molar-refractivity contribution in [2.45, 2.75) is 45.8 Å². The van der Waals surface area contributed by atoms with E-state index in [9.17, 15) is 0 Å². The largest absolute Gasteiger partial charge is 0.304 e. The van der Waals surface area contributed by atoms with Gasteiger partial charge in [-0.25, -0.2) is 0 Å². The van der Waals surface area contributed by atoms with E-state index in [1.165, 1.54) is 0 Å². The number of halogens is 3. The normalized spacial score (nSPS) is 12.1. The van der Waals surface area contributed by atoms with Crippen molar-refractivity contribution in [2.75, 3.05) is 11.8 Å². The summed E-state index contributed by atoms with van der Waals surface area (Å²) < 4.78 is 1.93. The van der Waals surface area contributed by atoms with E-state index in [1.807, 2.05) is 18.5 Å². The molecule has 0 aliphatic heterocycles. The standard InChI is InChI=1S/C12H20Cl3N3/c1-4-9-11(15)10(18(5-2)17-9)6-16-12(3,7-13)8-14/h16H,4-8H2,1-3H3. The summed E-state index contributed by atoms with van der Waals surface area (Å²) in [5, 5.41) is 8.58. The molecule has 0 aliphatic rings. The van der Waals surface area contributed by atoms with Crippen LogP contribution in [0.25, 0.3) is 0 Å². The lowest BCUT2D eigenvalue weighted by atomic mass is 10.1. The number of rotatable bonds is 7. The van der Waals surface area contributed by atoms with Crippen molar-refractivity contribution >= 4 is 34.8 Å². The van der Waals surface area contributed by atoms with Crippen LogP contribution in [0.1, 0.15) is 32.2 Å². The minimum Gasteiger partial charge on any atom is -0.304 e. The van der Waals surface area contributed by atoms with Crippen LogP contribution in [0.4, 0.5) is 0 Å². The third kappa shape index (κ3) is 3.53. The Morgan fingerprint density at radius 1 is 1.28 bits per heavy atom. The van der Waals surface area contributed by atoms with Gasteiger partial charge in [0, 0.05) is 30.4 Å². The second-order valence-corrected chi connectivity index (χ2v) is 5.47. The molecule has 0 aliphatic carbocycles. The molecule has 6 heteroatoms. The predicted molar refractivity (Wildman–Crippen MR) is 79.0 cm³/mol. The number of hydrogen-bond acceptors (Lipinski definition) is 2. The van der Waals surface area contributed by atoms with Crippen LogP contribution in [0.3, 0.4) is 0 Å². The Morgan fingerprint density at radius 3 is 2.33 bits per heavy atom. The Morgan fingerprint density at radius 2 is 1.89 bits per heavy atom. The van der Waals surface area contributed by atoms with E-state index >= 15 is 0 Å². The summed E-state index contributed by atoms with van der Waals surface area (Å²) in [6, 6.07) is 0. The molecule has 1 rings (SSSR count). The average molecular weight is 313 g/mol. The monoisotopic (exact) mass is 311 g/mol. The zero-order valence-electron chi connectivity index (χ0n) is 11.1. The van der Waals surface area contributed by atoms with Gasteiger partial charge in [0.15, 0.2) is 0 Å². The maximum Gasteiger partial charge on any atom is 0.0863 e. The van der Waals surface area contributed by atoms with Crippen molar-refractivity contribution in [1.29, 1.82) is 0 Å². The molecular formula is C12H20Cl3N3. The molecule has 0 bridgehead atoms. The maximum absolute atomic E-state index is 6.33. The first-order valence-electron chi connectivity index (χ1n) is 6.12. The molecule has 0 amide bonds. The molecule has 1 N–H and O–H groups in total. The van der Waals surface area contributed by atoms with E-state index in [-0.39, 0.29) is 5.54 Å². The average Bonchev–Trinajstić information content (AvgIpc) is 2.72. The zero-order chi connectivity index (χ0) is 13.8. The Bertz CT molecular complexity index is 386. The molecule has 1 aromatic rings. The number of nitrogens with zero attached hydrogens (tertiary/aromatic N) is 2. The lowest BCUT2D eigenvalue weighted by Gasteiger charge is -2.26. The van der Waals surface area contributed by atoms with Gasteiger partial charge in [-0.3, -0.25) is 4.68 Å². The van der Waals surface area contributed by atoms with Crippen molar-refractivity contribution in [3.8, 4) is 0 Å². The number of nitrogens with one attached hydrogen (secondary N) is 1. The summed E-state index contributed by atoms with van der Waals surface area (Å²) in [4.78, 5) is 0. The minimum absolute atomic E-state index is 0.290. The van der Waals surface area contributed by atoms with E-state index in [0.29, 0.717) is 18.3 Å². The first-order valence-corrected chi connectivity index (χ1v) is 7.57. The summed E-state index contributed by atoms with van der Waals surface area (Å²) in [5.74, 6) is 0.907. The van der Waals surface area contributed by atoms with Crippen LogP contribution >= 0.6 is 34.8 Å². The quantitative estimate of drug-likeness (QED) is 0.782. The summed E-state index contributed by atoms with van der Waals surface area (Å²) in [5.41, 5.74) is 1.65. The number of hydrogen-bond donors (Lipinski definition) is 1. The number of aryl methyl sites for hydroxylation is 2. The molecule has 0 fully saturated rings. The lowest BCUT2D eigenvalue weighted by molar-refractivity contribution is 0.422. The molecule has 18 heavy (non-hydrogen) atoms. The maximum atomic E-state index is 6.33. The van der Waals surface area contributed by atoms with E-state index in [2.05, 4.69) is 17.3 Å². The number of alkyl halides is 2. The third-order valence-corrected chi connectivity index (χ3v) is 4.58. The van der Waals surface area contributed by atoms with E-state index in [1.54, 1.807) is 0 Å². The Kier molecular flexibility index (Phi) is 6.25. The second kappa shape index (κ2) is 6.99. The highest BCUT2D eigenvalue weighted by Crippen LogP contribution is 2.22. The highest BCUT2D eigenvalue weighted by atomic mass is 35.5. The lowest BCUT2D eigenvalue weighted by Crippen LogP contribution is -2.45. The van der Waals surface area contributed by atoms with Crippen molar-refractivity contribution in [1.82, 2.24) is 15.1 Å². The Hall–Kier alpha value is 0.0400. The molecule has 0 unspecified atom stereocenters. The van der Waals surface area contributed by atoms with Crippen LogP contribution in [0.2, 0.25) is 5.02 Å². The van der Waals surface area contributed by atoms with Gasteiger partial charge in [0.25, 0.3) is 0 Å². The zero-order valence-corrected chi connectivity index (χ0v) is 13.3. The van der Waals surface area contributed by atoms with Crippen molar-refractivity contribution < 1.29 is 0 Å². The van der Waals surface area contributed by atoms with Crippen molar-refractivity contribution in [2.24, 2.45) is 0 Å². The fourth-order valence-corrected chi connectivity index (χ4v) is 2.42. The van der Waals surface area contributed by atoms with Crippen LogP contribution in [0, 0.1) is 0 Å². The Labute approximate surface area is 124 Å². The second-order valence-electron chi connectivity index (χ2n) is 4.56. The first kappa shape index (κ1) is 16.1. The molecule has 0 aromatic carbocycles. The highest BCUT2D eigenvalue weighted by molar-refractivity contribution is 6.31. The van der Waals surface area contributed by atoms with E-state index in [4.69, 9.17) is 34.8 Å². The van der Waals surface area contributed by atoms with Gasteiger partial charge in [-0.15, -0.1) is 23.2 Å². The van der Waals surface area contributed by atoms with Crippen LogP contribution in [0.15, 0.2) is 0 Å². The van der Waals surface area contributed by atoms with Crippen LogP contribution in [0.5, 0.6) is 0 Å². The molecule has 1 aromatic heterocycles. The smallest absolute Gasteiger partial charge is 0.0863 e. The number of aromatic nitrogens is 2. The molecule has 3 nitrogen and oxygen atoms in total. The molecular weight excluding hydrogens is 293 g/mol. The molecule has 0 radical (unpaired) electrons.